The summed E-state index contributed by atoms with van der Waals surface area (Å²) in [4.78, 5) is 16.7. The maximum atomic E-state index is 12.8. The molecule has 0 unspecified atom stereocenters. The maximum absolute atomic E-state index is 12.8. The smallest absolute Gasteiger partial charge is 0.236 e. The van der Waals surface area contributed by atoms with E-state index >= 15 is 0 Å². The Labute approximate surface area is 167 Å². The third-order valence-electron chi connectivity index (χ3n) is 5.41. The van der Waals surface area contributed by atoms with E-state index in [4.69, 9.17) is 9.47 Å². The fraction of sp³-hybridized carbons (Fsp3) is 0.435. The number of nitrogens with zero attached hydrogens (tertiary/aromatic N) is 2. The summed E-state index contributed by atoms with van der Waals surface area (Å²) in [6, 6.07) is 16.2. The van der Waals surface area contributed by atoms with Gasteiger partial charge in [-0.05, 0) is 61.7 Å². The van der Waals surface area contributed by atoms with Crippen LogP contribution in [0.1, 0.15) is 30.0 Å². The van der Waals surface area contributed by atoms with Crippen molar-refractivity contribution in [1.82, 2.24) is 9.80 Å². The lowest BCUT2D eigenvalue weighted by Gasteiger charge is -2.34. The highest BCUT2D eigenvalue weighted by Gasteiger charge is 2.26. The second-order valence-electron chi connectivity index (χ2n) is 7.37. The Balaban J connectivity index is 1.47. The first-order valence-electron chi connectivity index (χ1n) is 9.87. The Hall–Kier alpha value is -2.53. The molecular formula is C23H30N2O3. The van der Waals surface area contributed by atoms with Gasteiger partial charge in [0.05, 0.1) is 19.7 Å². The summed E-state index contributed by atoms with van der Waals surface area (Å²) < 4.78 is 10.9. The average molecular weight is 383 g/mol. The molecular weight excluding hydrogens is 352 g/mol. The molecule has 0 saturated carbocycles. The fourth-order valence-corrected chi connectivity index (χ4v) is 3.72. The number of likely N-dealkylation sites (N-methyl/N-ethyl adjacent to an activating group) is 2. The van der Waals surface area contributed by atoms with Crippen molar-refractivity contribution in [3.63, 3.8) is 0 Å². The van der Waals surface area contributed by atoms with Crippen molar-refractivity contribution in [1.29, 1.82) is 0 Å². The van der Waals surface area contributed by atoms with E-state index in [1.807, 2.05) is 48.2 Å². The summed E-state index contributed by atoms with van der Waals surface area (Å²) in [5.74, 6) is 1.76. The van der Waals surface area contributed by atoms with Gasteiger partial charge in [0.1, 0.15) is 18.1 Å². The summed E-state index contributed by atoms with van der Waals surface area (Å²) in [6.07, 6.45) is 3.27. The van der Waals surface area contributed by atoms with Crippen molar-refractivity contribution in [3.05, 3.63) is 59.7 Å². The Morgan fingerprint density at radius 1 is 1.07 bits per heavy atom. The van der Waals surface area contributed by atoms with E-state index in [9.17, 15) is 4.79 Å². The molecule has 1 aliphatic carbocycles. The molecule has 1 amide bonds. The van der Waals surface area contributed by atoms with Crippen molar-refractivity contribution in [2.24, 2.45) is 0 Å². The minimum absolute atomic E-state index is 0.147. The van der Waals surface area contributed by atoms with Crippen molar-refractivity contribution < 1.29 is 14.3 Å². The van der Waals surface area contributed by atoms with Gasteiger partial charge >= 0.3 is 0 Å². The Kier molecular flexibility index (Phi) is 6.93. The van der Waals surface area contributed by atoms with Crippen molar-refractivity contribution in [3.8, 4) is 11.5 Å². The first kappa shape index (κ1) is 20.2. The van der Waals surface area contributed by atoms with E-state index in [0.29, 0.717) is 19.7 Å². The lowest BCUT2D eigenvalue weighted by atomic mass is 9.87. The molecule has 28 heavy (non-hydrogen) atoms. The quantitative estimate of drug-likeness (QED) is 0.700. The van der Waals surface area contributed by atoms with Crippen molar-refractivity contribution in [2.45, 2.75) is 25.3 Å². The number of carbonyl (C=O) groups excluding carboxylic acids is 1. The molecule has 0 radical (unpaired) electrons. The van der Waals surface area contributed by atoms with Gasteiger partial charge in [0.15, 0.2) is 0 Å². The molecule has 3 rings (SSSR count). The largest absolute Gasteiger partial charge is 0.497 e. The molecule has 0 bridgehead atoms. The second kappa shape index (κ2) is 9.60. The van der Waals surface area contributed by atoms with Gasteiger partial charge in [0.25, 0.3) is 0 Å². The normalized spacial score (nSPS) is 15.8. The minimum Gasteiger partial charge on any atom is -0.497 e. The summed E-state index contributed by atoms with van der Waals surface area (Å²) in [5, 5.41) is 0. The number of carbonyl (C=O) groups is 1. The van der Waals surface area contributed by atoms with Gasteiger partial charge in [-0.3, -0.25) is 9.69 Å². The number of aryl methyl sites for hydroxylation is 1. The topological polar surface area (TPSA) is 42.0 Å². The van der Waals surface area contributed by atoms with Crippen LogP contribution >= 0.6 is 0 Å². The van der Waals surface area contributed by atoms with Crippen LogP contribution in [0.5, 0.6) is 11.5 Å². The van der Waals surface area contributed by atoms with Gasteiger partial charge in [-0.2, -0.15) is 0 Å². The van der Waals surface area contributed by atoms with Gasteiger partial charge in [-0.25, -0.2) is 0 Å². The fourth-order valence-electron chi connectivity index (χ4n) is 3.72. The average Bonchev–Trinajstić information content (AvgIpc) is 2.73. The molecule has 0 spiro atoms. The van der Waals surface area contributed by atoms with Gasteiger partial charge in [-0.15, -0.1) is 0 Å². The van der Waals surface area contributed by atoms with Crippen LogP contribution in [0.4, 0.5) is 0 Å². The number of fused-ring (bicyclic) bond motifs is 1. The van der Waals surface area contributed by atoms with E-state index in [-0.39, 0.29) is 11.9 Å². The zero-order chi connectivity index (χ0) is 19.9. The van der Waals surface area contributed by atoms with Gasteiger partial charge in [-0.1, -0.05) is 24.3 Å². The van der Waals surface area contributed by atoms with E-state index in [2.05, 4.69) is 24.3 Å². The molecule has 150 valence electrons. The third kappa shape index (κ3) is 5.04. The molecule has 1 atom stereocenters. The SMILES string of the molecule is COc1ccc(OCCN(C)CC(=O)N(C)[C@@H]2CCCc3ccccc32)cc1. The van der Waals surface area contributed by atoms with Gasteiger partial charge in [0.2, 0.25) is 5.91 Å². The highest BCUT2D eigenvalue weighted by atomic mass is 16.5. The molecule has 5 heteroatoms. The Morgan fingerprint density at radius 2 is 1.79 bits per heavy atom. The van der Waals surface area contributed by atoms with Crippen LogP contribution < -0.4 is 9.47 Å². The summed E-state index contributed by atoms with van der Waals surface area (Å²) in [5.41, 5.74) is 2.68. The van der Waals surface area contributed by atoms with Crippen LogP contribution in [0.2, 0.25) is 0 Å². The third-order valence-corrected chi connectivity index (χ3v) is 5.41. The number of hydrogen-bond acceptors (Lipinski definition) is 4. The lowest BCUT2D eigenvalue weighted by molar-refractivity contribution is -0.133. The number of ether oxygens (including phenoxy) is 2. The maximum Gasteiger partial charge on any atom is 0.236 e. The Morgan fingerprint density at radius 3 is 2.54 bits per heavy atom. The van der Waals surface area contributed by atoms with Crippen LogP contribution in [-0.4, -0.2) is 56.6 Å². The van der Waals surface area contributed by atoms with Crippen LogP contribution in [0.15, 0.2) is 48.5 Å². The number of hydrogen-bond donors (Lipinski definition) is 0. The molecule has 2 aromatic carbocycles. The molecule has 0 aliphatic heterocycles. The molecule has 0 aromatic heterocycles. The van der Waals surface area contributed by atoms with E-state index in [0.717, 1.165) is 30.8 Å². The number of rotatable bonds is 8. The number of amides is 1. The second-order valence-corrected chi connectivity index (χ2v) is 7.37. The highest BCUT2D eigenvalue weighted by molar-refractivity contribution is 5.78. The zero-order valence-corrected chi connectivity index (χ0v) is 17.1. The van der Waals surface area contributed by atoms with E-state index < -0.39 is 0 Å². The van der Waals surface area contributed by atoms with Crippen molar-refractivity contribution in [2.75, 3.05) is 40.9 Å². The molecule has 0 saturated heterocycles. The van der Waals surface area contributed by atoms with E-state index in [1.165, 1.54) is 11.1 Å². The molecule has 0 heterocycles. The lowest BCUT2D eigenvalue weighted by Crippen LogP contribution is -2.40. The monoisotopic (exact) mass is 382 g/mol. The number of benzene rings is 2. The number of methoxy groups -OCH3 is 1. The van der Waals surface area contributed by atoms with Gasteiger partial charge < -0.3 is 14.4 Å². The molecule has 0 fully saturated rings. The zero-order valence-electron chi connectivity index (χ0n) is 17.1. The standard InChI is InChI=1S/C23H30N2O3/c1-24(15-16-28-20-13-11-19(27-3)12-14-20)17-23(26)25(2)22-10-6-8-18-7-4-5-9-21(18)22/h4-5,7,9,11-14,22H,6,8,10,15-17H2,1-3H3/t22-/m1/s1. The molecule has 5 nitrogen and oxygen atoms in total. The molecule has 1 aliphatic rings. The minimum atomic E-state index is 0.147. The highest BCUT2D eigenvalue weighted by Crippen LogP contribution is 2.33. The molecule has 0 N–H and O–H groups in total. The van der Waals surface area contributed by atoms with Crippen LogP contribution in [0, 0.1) is 0 Å². The van der Waals surface area contributed by atoms with Crippen LogP contribution in [0.25, 0.3) is 0 Å². The summed E-state index contributed by atoms with van der Waals surface area (Å²) in [6.45, 7) is 1.61. The van der Waals surface area contributed by atoms with Gasteiger partial charge in [0, 0.05) is 13.6 Å². The first-order chi connectivity index (χ1) is 13.6. The summed E-state index contributed by atoms with van der Waals surface area (Å²) >= 11 is 0. The summed E-state index contributed by atoms with van der Waals surface area (Å²) in [7, 11) is 5.53. The molecule has 2 aromatic rings. The van der Waals surface area contributed by atoms with Crippen LogP contribution in [-0.2, 0) is 11.2 Å². The van der Waals surface area contributed by atoms with Crippen LogP contribution in [0.3, 0.4) is 0 Å². The Bertz CT molecular complexity index is 776. The first-order valence-corrected chi connectivity index (χ1v) is 9.87. The predicted octanol–water partition coefficient (Wildman–Crippen LogP) is 3.54. The predicted molar refractivity (Wildman–Crippen MR) is 111 cm³/mol. The van der Waals surface area contributed by atoms with Crippen molar-refractivity contribution >= 4 is 5.91 Å². The van der Waals surface area contributed by atoms with E-state index in [1.54, 1.807) is 7.11 Å².